The van der Waals surface area contributed by atoms with Crippen molar-refractivity contribution in [2.24, 2.45) is 0 Å². The Balaban J connectivity index is 0.00000210. The number of nitrogens with one attached hydrogen (secondary N) is 2. The minimum atomic E-state index is -4.64. The van der Waals surface area contributed by atoms with Crippen LogP contribution in [0.2, 0.25) is 0 Å². The first kappa shape index (κ1) is 27.4. The minimum Gasteiger partial charge on any atom is -1.00 e. The van der Waals surface area contributed by atoms with Crippen LogP contribution in [0.15, 0.2) is 78.9 Å². The molecule has 0 aliphatic carbocycles. The van der Waals surface area contributed by atoms with Crippen LogP contribution in [0.1, 0.15) is 29.6 Å². The maximum atomic E-state index is 13.4. The van der Waals surface area contributed by atoms with Gasteiger partial charge in [0.05, 0.1) is 0 Å². The first-order chi connectivity index (χ1) is 17.9. The molecule has 38 heavy (non-hydrogen) atoms. The molecule has 11 heteroatoms. The van der Waals surface area contributed by atoms with Crippen molar-refractivity contribution in [3.8, 4) is 22.5 Å². The summed E-state index contributed by atoms with van der Waals surface area (Å²) in [6, 6.07) is 25.0. The van der Waals surface area contributed by atoms with Gasteiger partial charge in [-0.05, 0) is 34.4 Å². The van der Waals surface area contributed by atoms with Crippen molar-refractivity contribution in [1.29, 1.82) is 0 Å². The predicted molar refractivity (Wildman–Crippen MR) is 135 cm³/mol. The quantitative estimate of drug-likeness (QED) is 0.318. The molecule has 2 N–H and O–H groups in total. The van der Waals surface area contributed by atoms with Gasteiger partial charge in [0.15, 0.2) is 0 Å². The van der Waals surface area contributed by atoms with Crippen molar-refractivity contribution in [3.05, 3.63) is 107 Å². The van der Waals surface area contributed by atoms with Gasteiger partial charge in [0.2, 0.25) is 11.6 Å². The number of anilines is 1. The number of alkyl halides is 3. The number of nitrogens with zero attached hydrogens (tertiary/aromatic N) is 5. The fourth-order valence-corrected chi connectivity index (χ4v) is 4.07. The Labute approximate surface area is 240 Å². The van der Waals surface area contributed by atoms with E-state index in [-0.39, 0.29) is 36.8 Å². The van der Waals surface area contributed by atoms with Crippen molar-refractivity contribution in [1.82, 2.24) is 30.6 Å². The first-order valence-electron chi connectivity index (χ1n) is 11.5. The standard InChI is InChI=1S/C27H22F3N7.Na.H/c1-17-23(15-18-7-3-2-4-8-18)24(33-26(32-17)27(28,29)30)31-16-19-11-13-20(14-12-19)21-9-5-6-10-22(21)25-34-36-37-35-25;;/h2-14H,15-16H2,1H3,(H,31,32,33)(H,34,35,36,37);;/q;+1;-1. The molecule has 2 heterocycles. The zero-order valence-corrected chi connectivity index (χ0v) is 22.8. The van der Waals surface area contributed by atoms with Gasteiger partial charge in [-0.1, -0.05) is 78.9 Å². The summed E-state index contributed by atoms with van der Waals surface area (Å²) in [5, 5.41) is 17.4. The first-order valence-corrected chi connectivity index (χ1v) is 11.5. The Hall–Kier alpha value is -3.60. The number of hydrogen-bond donors (Lipinski definition) is 2. The van der Waals surface area contributed by atoms with Crippen molar-refractivity contribution < 1.29 is 44.2 Å². The molecule has 0 fully saturated rings. The van der Waals surface area contributed by atoms with Crippen LogP contribution < -0.4 is 34.9 Å². The molecule has 0 unspecified atom stereocenters. The van der Waals surface area contributed by atoms with Crippen molar-refractivity contribution in [2.75, 3.05) is 5.32 Å². The van der Waals surface area contributed by atoms with Gasteiger partial charge >= 0.3 is 35.7 Å². The summed E-state index contributed by atoms with van der Waals surface area (Å²) in [7, 11) is 0. The maximum Gasteiger partial charge on any atom is 1.00 e. The van der Waals surface area contributed by atoms with Gasteiger partial charge in [-0.2, -0.15) is 18.4 Å². The summed E-state index contributed by atoms with van der Waals surface area (Å²) >= 11 is 0. The third kappa shape index (κ3) is 6.27. The summed E-state index contributed by atoms with van der Waals surface area (Å²) in [4.78, 5) is 7.59. The molecule has 0 atom stereocenters. The van der Waals surface area contributed by atoms with Crippen molar-refractivity contribution in [3.63, 3.8) is 0 Å². The second-order valence-electron chi connectivity index (χ2n) is 8.45. The number of tetrazole rings is 1. The van der Waals surface area contributed by atoms with Gasteiger partial charge in [0.1, 0.15) is 5.82 Å². The molecule has 0 radical (unpaired) electrons. The number of H-pyrrole nitrogens is 1. The number of aromatic nitrogens is 6. The molecular weight excluding hydrogens is 502 g/mol. The third-order valence-electron chi connectivity index (χ3n) is 5.93. The molecule has 0 aliphatic rings. The predicted octanol–water partition coefficient (Wildman–Crippen LogP) is 2.97. The van der Waals surface area contributed by atoms with E-state index in [1.54, 1.807) is 6.92 Å². The number of hydrogen-bond acceptors (Lipinski definition) is 6. The van der Waals surface area contributed by atoms with Gasteiger partial charge in [0, 0.05) is 29.8 Å². The Kier molecular flexibility index (Phi) is 8.55. The van der Waals surface area contributed by atoms with Crippen LogP contribution in [0, 0.1) is 6.92 Å². The molecule has 0 saturated carbocycles. The van der Waals surface area contributed by atoms with Gasteiger partial charge in [-0.3, -0.25) is 0 Å². The normalized spacial score (nSPS) is 11.2. The summed E-state index contributed by atoms with van der Waals surface area (Å²) in [5.74, 6) is -0.486. The van der Waals surface area contributed by atoms with E-state index in [0.29, 0.717) is 30.0 Å². The van der Waals surface area contributed by atoms with Gasteiger partial charge in [0.25, 0.3) is 0 Å². The molecule has 5 aromatic rings. The monoisotopic (exact) mass is 525 g/mol. The number of benzene rings is 3. The van der Waals surface area contributed by atoms with Crippen LogP contribution in [-0.2, 0) is 19.1 Å². The third-order valence-corrected chi connectivity index (χ3v) is 5.93. The average molecular weight is 526 g/mol. The van der Waals surface area contributed by atoms with Crippen LogP contribution in [0.3, 0.4) is 0 Å². The zero-order chi connectivity index (χ0) is 25.8. The summed E-state index contributed by atoms with van der Waals surface area (Å²) in [6.45, 7) is 1.87. The Morgan fingerprint density at radius 2 is 1.53 bits per heavy atom. The van der Waals surface area contributed by atoms with Crippen molar-refractivity contribution in [2.45, 2.75) is 26.1 Å². The molecular formula is C27H23F3N7Na. The molecule has 0 amide bonds. The van der Waals surface area contributed by atoms with E-state index >= 15 is 0 Å². The summed E-state index contributed by atoms with van der Waals surface area (Å²) in [5.41, 5.74) is 5.50. The number of halogens is 3. The molecule has 0 spiro atoms. The number of aromatic amines is 1. The maximum absolute atomic E-state index is 13.4. The summed E-state index contributed by atoms with van der Waals surface area (Å²) in [6.07, 6.45) is -4.22. The van der Waals surface area contributed by atoms with E-state index in [1.807, 2.05) is 78.9 Å². The van der Waals surface area contributed by atoms with E-state index in [9.17, 15) is 13.2 Å². The van der Waals surface area contributed by atoms with Crippen LogP contribution in [0.5, 0.6) is 0 Å². The van der Waals surface area contributed by atoms with Crippen molar-refractivity contribution >= 4 is 5.82 Å². The number of rotatable bonds is 7. The Morgan fingerprint density at radius 1 is 0.842 bits per heavy atom. The SMILES string of the molecule is Cc1nc(C(F)(F)F)nc(NCc2ccc(-c3ccccc3-c3nn[nH]n3)cc2)c1Cc1ccccc1.[H-].[Na+]. The van der Waals surface area contributed by atoms with E-state index < -0.39 is 12.0 Å². The average Bonchev–Trinajstić information content (AvgIpc) is 3.44. The molecule has 188 valence electrons. The molecule has 7 nitrogen and oxygen atoms in total. The zero-order valence-electron chi connectivity index (χ0n) is 21.8. The van der Waals surface area contributed by atoms with Crippen LogP contribution >= 0.6 is 0 Å². The number of aryl methyl sites for hydroxylation is 1. The molecule has 3 aromatic carbocycles. The summed E-state index contributed by atoms with van der Waals surface area (Å²) < 4.78 is 40.3. The molecule has 5 rings (SSSR count). The Bertz CT molecular complexity index is 1500. The fraction of sp³-hybridized carbons (Fsp3) is 0.148. The van der Waals surface area contributed by atoms with Crippen LogP contribution in [0.4, 0.5) is 19.0 Å². The van der Waals surface area contributed by atoms with Crippen LogP contribution in [0.25, 0.3) is 22.5 Å². The Morgan fingerprint density at radius 3 is 2.18 bits per heavy atom. The molecule has 2 aromatic heterocycles. The topological polar surface area (TPSA) is 92.3 Å². The largest absolute Gasteiger partial charge is 1.00 e. The molecule has 0 aliphatic heterocycles. The van der Waals surface area contributed by atoms with Gasteiger partial charge in [-0.25, -0.2) is 9.97 Å². The van der Waals surface area contributed by atoms with Gasteiger partial charge in [-0.15, -0.1) is 10.2 Å². The second-order valence-corrected chi connectivity index (χ2v) is 8.45. The second kappa shape index (κ2) is 11.8. The molecule has 0 saturated heterocycles. The smallest absolute Gasteiger partial charge is 1.00 e. The van der Waals surface area contributed by atoms with E-state index in [2.05, 4.69) is 35.9 Å². The molecule has 0 bridgehead atoms. The minimum absolute atomic E-state index is 0. The van der Waals surface area contributed by atoms with E-state index in [1.165, 1.54) is 0 Å². The van der Waals surface area contributed by atoms with E-state index in [0.717, 1.165) is 27.8 Å². The fourth-order valence-electron chi connectivity index (χ4n) is 4.07. The van der Waals surface area contributed by atoms with Crippen LogP contribution in [-0.4, -0.2) is 30.6 Å². The van der Waals surface area contributed by atoms with E-state index in [4.69, 9.17) is 0 Å². The van der Waals surface area contributed by atoms with Gasteiger partial charge < -0.3 is 6.74 Å².